The molecule has 2 heterocycles. The van der Waals surface area contributed by atoms with Gasteiger partial charge in [-0.3, -0.25) is 9.69 Å². The number of tetrazole rings is 1. The number of hydrogen-bond acceptors (Lipinski definition) is 7. The first-order valence-corrected chi connectivity index (χ1v) is 10.8. The average molecular weight is 425 g/mol. The van der Waals surface area contributed by atoms with E-state index in [2.05, 4.69) is 50.0 Å². The molecule has 0 aliphatic carbocycles. The number of methoxy groups -OCH3 is 1. The van der Waals surface area contributed by atoms with Crippen LogP contribution in [0.4, 0.5) is 0 Å². The Labute approximate surface area is 179 Å². The van der Waals surface area contributed by atoms with Gasteiger partial charge in [0, 0.05) is 25.7 Å². The Bertz CT molecular complexity index is 980. The second-order valence-electron chi connectivity index (χ2n) is 7.11. The van der Waals surface area contributed by atoms with Crippen molar-refractivity contribution >= 4 is 17.7 Å². The van der Waals surface area contributed by atoms with E-state index in [1.54, 1.807) is 11.8 Å². The number of para-hydroxylation sites is 2. The molecule has 1 unspecified atom stereocenters. The Kier molecular flexibility index (Phi) is 6.60. The smallest absolute Gasteiger partial charge is 0.230 e. The zero-order valence-corrected chi connectivity index (χ0v) is 17.6. The first kappa shape index (κ1) is 20.4. The average Bonchev–Trinajstić information content (AvgIpc) is 3.42. The Morgan fingerprint density at radius 3 is 2.83 bits per heavy atom. The van der Waals surface area contributed by atoms with Crippen LogP contribution < -0.4 is 10.1 Å². The maximum Gasteiger partial charge on any atom is 0.230 e. The van der Waals surface area contributed by atoms with Gasteiger partial charge in [0.05, 0.1) is 12.9 Å². The molecule has 8 nitrogen and oxygen atoms in total. The summed E-state index contributed by atoms with van der Waals surface area (Å²) in [7, 11) is 1.60. The van der Waals surface area contributed by atoms with Crippen LogP contribution in [0, 0.1) is 0 Å². The molecule has 1 fully saturated rings. The van der Waals surface area contributed by atoms with Gasteiger partial charge in [0.2, 0.25) is 11.1 Å². The number of thioether (sulfide) groups is 1. The lowest BCUT2D eigenvalue weighted by Gasteiger charge is -2.16. The summed E-state index contributed by atoms with van der Waals surface area (Å²) in [5.74, 6) is 0.909. The van der Waals surface area contributed by atoms with E-state index in [1.807, 2.05) is 30.3 Å². The molecule has 3 aromatic rings. The molecule has 1 aliphatic rings. The van der Waals surface area contributed by atoms with E-state index in [-0.39, 0.29) is 17.7 Å². The van der Waals surface area contributed by atoms with Crippen molar-refractivity contribution in [2.24, 2.45) is 0 Å². The van der Waals surface area contributed by atoms with Gasteiger partial charge in [-0.05, 0) is 34.5 Å². The number of benzene rings is 2. The van der Waals surface area contributed by atoms with Crippen molar-refractivity contribution in [3.63, 3.8) is 0 Å². The van der Waals surface area contributed by atoms with Gasteiger partial charge < -0.3 is 10.1 Å². The fourth-order valence-corrected chi connectivity index (χ4v) is 4.25. The summed E-state index contributed by atoms with van der Waals surface area (Å²) >= 11 is 1.31. The van der Waals surface area contributed by atoms with Gasteiger partial charge in [0.15, 0.2) is 0 Å². The van der Waals surface area contributed by atoms with E-state index < -0.39 is 0 Å². The molecule has 1 N–H and O–H groups in total. The summed E-state index contributed by atoms with van der Waals surface area (Å²) in [6.45, 7) is 2.76. The summed E-state index contributed by atoms with van der Waals surface area (Å²) in [4.78, 5) is 14.8. The van der Waals surface area contributed by atoms with Crippen LogP contribution in [-0.4, -0.2) is 63.0 Å². The van der Waals surface area contributed by atoms with Crippen LogP contribution in [-0.2, 0) is 11.3 Å². The second kappa shape index (κ2) is 9.73. The van der Waals surface area contributed by atoms with Crippen LogP contribution in [0.2, 0.25) is 0 Å². The molecule has 1 amide bonds. The fourth-order valence-electron chi connectivity index (χ4n) is 3.56. The summed E-state index contributed by atoms with van der Waals surface area (Å²) < 4.78 is 6.97. The van der Waals surface area contributed by atoms with Crippen molar-refractivity contribution in [1.82, 2.24) is 30.4 Å². The zero-order chi connectivity index (χ0) is 20.8. The molecule has 1 aliphatic heterocycles. The lowest BCUT2D eigenvalue weighted by molar-refractivity contribution is -0.119. The first-order chi connectivity index (χ1) is 14.7. The predicted octanol–water partition coefficient (Wildman–Crippen LogP) is 2.15. The van der Waals surface area contributed by atoms with Gasteiger partial charge in [-0.1, -0.05) is 54.2 Å². The van der Waals surface area contributed by atoms with Gasteiger partial charge in [0.25, 0.3) is 0 Å². The van der Waals surface area contributed by atoms with Crippen molar-refractivity contribution in [2.45, 2.75) is 24.2 Å². The van der Waals surface area contributed by atoms with E-state index in [0.29, 0.717) is 10.9 Å². The molecule has 0 radical (unpaired) electrons. The van der Waals surface area contributed by atoms with Gasteiger partial charge in [0.1, 0.15) is 11.4 Å². The maximum absolute atomic E-state index is 12.5. The zero-order valence-electron chi connectivity index (χ0n) is 16.8. The predicted molar refractivity (Wildman–Crippen MR) is 115 cm³/mol. The molecule has 30 heavy (non-hydrogen) atoms. The van der Waals surface area contributed by atoms with Gasteiger partial charge in [-0.2, -0.15) is 4.68 Å². The number of ether oxygens (including phenoxy) is 1. The Hall–Kier alpha value is -2.91. The highest BCUT2D eigenvalue weighted by Crippen LogP contribution is 2.25. The quantitative estimate of drug-likeness (QED) is 0.555. The number of rotatable bonds is 8. The number of amides is 1. The third-order valence-electron chi connectivity index (χ3n) is 4.97. The monoisotopic (exact) mass is 424 g/mol. The van der Waals surface area contributed by atoms with Crippen LogP contribution in [0.15, 0.2) is 59.8 Å². The number of likely N-dealkylation sites (tertiary alicyclic amines) is 1. The normalized spacial score (nSPS) is 16.5. The van der Waals surface area contributed by atoms with Gasteiger partial charge in [-0.25, -0.2) is 0 Å². The Balaban J connectivity index is 1.29. The van der Waals surface area contributed by atoms with Crippen LogP contribution in [0.3, 0.4) is 0 Å². The van der Waals surface area contributed by atoms with Crippen LogP contribution in [0.5, 0.6) is 5.75 Å². The summed E-state index contributed by atoms with van der Waals surface area (Å²) in [6, 6.07) is 18.1. The molecule has 156 valence electrons. The summed E-state index contributed by atoms with van der Waals surface area (Å²) in [6.07, 6.45) is 0.961. The maximum atomic E-state index is 12.5. The minimum Gasteiger partial charge on any atom is -0.494 e. The van der Waals surface area contributed by atoms with Crippen LogP contribution in [0.1, 0.15) is 12.0 Å². The highest BCUT2D eigenvalue weighted by molar-refractivity contribution is 7.99. The van der Waals surface area contributed by atoms with Gasteiger partial charge >= 0.3 is 0 Å². The number of carbonyl (C=O) groups is 1. The topological polar surface area (TPSA) is 85.2 Å². The highest BCUT2D eigenvalue weighted by atomic mass is 32.2. The Morgan fingerprint density at radius 1 is 1.20 bits per heavy atom. The largest absolute Gasteiger partial charge is 0.494 e. The number of aromatic nitrogens is 4. The SMILES string of the molecule is COc1ccccc1-n1nnnc1SCC(=O)NC1CCN(Cc2ccccc2)C1. The molecular weight excluding hydrogens is 400 g/mol. The molecule has 9 heteroatoms. The van der Waals surface area contributed by atoms with E-state index in [9.17, 15) is 4.79 Å². The first-order valence-electron chi connectivity index (χ1n) is 9.83. The Morgan fingerprint density at radius 2 is 2.00 bits per heavy atom. The summed E-state index contributed by atoms with van der Waals surface area (Å²) in [5, 5.41) is 15.5. The molecule has 0 bridgehead atoms. The van der Waals surface area contributed by atoms with Crippen molar-refractivity contribution < 1.29 is 9.53 Å². The lowest BCUT2D eigenvalue weighted by Crippen LogP contribution is -2.38. The van der Waals surface area contributed by atoms with E-state index in [4.69, 9.17) is 4.74 Å². The molecule has 0 saturated carbocycles. The van der Waals surface area contributed by atoms with E-state index >= 15 is 0 Å². The van der Waals surface area contributed by atoms with Crippen molar-refractivity contribution in [3.05, 3.63) is 60.2 Å². The molecule has 1 atom stereocenters. The third-order valence-corrected chi connectivity index (χ3v) is 5.89. The standard InChI is InChI=1S/C21H24N6O2S/c1-29-19-10-6-5-9-18(19)27-21(23-24-25-27)30-15-20(28)22-17-11-12-26(14-17)13-16-7-3-2-4-8-16/h2-10,17H,11-15H2,1H3,(H,22,28). The second-order valence-corrected chi connectivity index (χ2v) is 8.05. The van der Waals surface area contributed by atoms with Crippen LogP contribution >= 0.6 is 11.8 Å². The van der Waals surface area contributed by atoms with Gasteiger partial charge in [-0.15, -0.1) is 5.10 Å². The lowest BCUT2D eigenvalue weighted by atomic mass is 10.2. The van der Waals surface area contributed by atoms with Crippen molar-refractivity contribution in [2.75, 3.05) is 26.0 Å². The fraction of sp³-hybridized carbons (Fsp3) is 0.333. The third kappa shape index (κ3) is 4.98. The minimum atomic E-state index is -0.0128. The van der Waals surface area contributed by atoms with Crippen molar-refractivity contribution in [1.29, 1.82) is 0 Å². The highest BCUT2D eigenvalue weighted by Gasteiger charge is 2.24. The molecule has 2 aromatic carbocycles. The molecular formula is C21H24N6O2S. The minimum absolute atomic E-state index is 0.0128. The number of nitrogens with one attached hydrogen (secondary N) is 1. The number of nitrogens with zero attached hydrogens (tertiary/aromatic N) is 5. The molecule has 0 spiro atoms. The van der Waals surface area contributed by atoms with Crippen molar-refractivity contribution in [3.8, 4) is 11.4 Å². The number of hydrogen-bond donors (Lipinski definition) is 1. The van der Waals surface area contributed by atoms with Crippen LogP contribution in [0.25, 0.3) is 5.69 Å². The molecule has 4 rings (SSSR count). The van der Waals surface area contributed by atoms with E-state index in [0.717, 1.165) is 31.7 Å². The number of carbonyl (C=O) groups excluding carboxylic acids is 1. The molecule has 1 aromatic heterocycles. The summed E-state index contributed by atoms with van der Waals surface area (Å²) in [5.41, 5.74) is 2.03. The van der Waals surface area contributed by atoms with E-state index in [1.165, 1.54) is 17.3 Å². The molecule has 1 saturated heterocycles.